The Hall–Kier alpha value is -0.660. The molecule has 35 heavy (non-hydrogen) atoms. The minimum Gasteiger partial charge on any atom is -0.396 e. The van der Waals surface area contributed by atoms with Gasteiger partial charge in [-0.15, -0.1) is 0 Å². The van der Waals surface area contributed by atoms with Gasteiger partial charge in [0, 0.05) is 55.4 Å². The zero-order valence-corrected chi connectivity index (χ0v) is 23.4. The van der Waals surface area contributed by atoms with Gasteiger partial charge in [0.1, 0.15) is 0 Å². The molecule has 1 N–H and O–H groups in total. The number of halogens is 2. The van der Waals surface area contributed by atoms with E-state index in [2.05, 4.69) is 46.5 Å². The summed E-state index contributed by atoms with van der Waals surface area (Å²) in [6, 6.07) is 8.17. The average Bonchev–Trinajstić information content (AvgIpc) is 3.47. The number of aliphatic hydroxyl groups excluding tert-OH is 1. The summed E-state index contributed by atoms with van der Waals surface area (Å²) in [5.41, 5.74) is 2.54. The van der Waals surface area contributed by atoms with Crippen molar-refractivity contribution >= 4 is 34.5 Å². The Morgan fingerprint density at radius 2 is 1.91 bits per heavy atom. The molecule has 2 aliphatic heterocycles. The minimum absolute atomic E-state index is 0.110. The fourth-order valence-corrected chi connectivity index (χ4v) is 7.09. The maximum atomic E-state index is 9.02. The third kappa shape index (κ3) is 7.91. The summed E-state index contributed by atoms with van der Waals surface area (Å²) in [5, 5.41) is 15.0. The lowest BCUT2D eigenvalue weighted by Crippen LogP contribution is -2.40. The maximum absolute atomic E-state index is 9.02. The van der Waals surface area contributed by atoms with E-state index in [0.717, 1.165) is 55.5 Å². The molecule has 3 heterocycles. The number of piperidine rings is 1. The number of likely N-dealkylation sites (tertiary alicyclic amines) is 2. The monoisotopic (exact) mass is 538 g/mol. The fourth-order valence-electron chi connectivity index (χ4n) is 5.90. The Balaban J connectivity index is 1.31. The van der Waals surface area contributed by atoms with E-state index in [1.807, 2.05) is 12.1 Å². The van der Waals surface area contributed by atoms with Gasteiger partial charge < -0.3 is 14.7 Å². The van der Waals surface area contributed by atoms with E-state index in [4.69, 9.17) is 33.0 Å². The van der Waals surface area contributed by atoms with Gasteiger partial charge in [0.2, 0.25) is 0 Å². The second-order valence-corrected chi connectivity index (χ2v) is 12.6. The topological polar surface area (TPSA) is 35.9 Å². The largest absolute Gasteiger partial charge is 0.396 e. The number of rotatable bonds is 11. The van der Waals surface area contributed by atoms with Crippen molar-refractivity contribution in [1.82, 2.24) is 9.80 Å². The summed E-state index contributed by atoms with van der Waals surface area (Å²) in [7, 11) is 0. The van der Waals surface area contributed by atoms with Gasteiger partial charge in [0.05, 0.1) is 5.60 Å². The highest BCUT2D eigenvalue weighted by Gasteiger charge is 2.36. The van der Waals surface area contributed by atoms with E-state index >= 15 is 0 Å². The lowest BCUT2D eigenvalue weighted by Gasteiger charge is -2.37. The molecule has 2 aromatic rings. The SMILES string of the molecule is CC(C)(CC1CCN(C[C@H]2CN(Cc3ccc(Cl)cc3Cl)C[C@@H]2c2ccsc2)CC1)OCCCO. The molecule has 0 spiro atoms. The van der Waals surface area contributed by atoms with Crippen molar-refractivity contribution in [3.8, 4) is 0 Å². The van der Waals surface area contributed by atoms with Crippen LogP contribution in [-0.2, 0) is 11.3 Å². The molecule has 2 saturated heterocycles. The van der Waals surface area contributed by atoms with Crippen LogP contribution in [0.5, 0.6) is 0 Å². The van der Waals surface area contributed by atoms with Gasteiger partial charge in [-0.2, -0.15) is 11.3 Å². The van der Waals surface area contributed by atoms with Gasteiger partial charge >= 0.3 is 0 Å². The molecular weight excluding hydrogens is 499 g/mol. The number of hydrogen-bond acceptors (Lipinski definition) is 5. The van der Waals surface area contributed by atoms with Gasteiger partial charge in [-0.1, -0.05) is 29.3 Å². The molecule has 2 aliphatic rings. The van der Waals surface area contributed by atoms with Crippen LogP contribution in [0.4, 0.5) is 0 Å². The first-order valence-corrected chi connectivity index (χ1v) is 14.7. The molecule has 4 rings (SSSR count). The van der Waals surface area contributed by atoms with Crippen LogP contribution in [-0.4, -0.2) is 66.4 Å². The van der Waals surface area contributed by atoms with Crippen LogP contribution < -0.4 is 0 Å². The molecule has 0 saturated carbocycles. The zero-order valence-electron chi connectivity index (χ0n) is 21.1. The Bertz CT molecular complexity index is 916. The van der Waals surface area contributed by atoms with E-state index in [0.29, 0.717) is 23.5 Å². The smallest absolute Gasteiger partial charge is 0.0629 e. The molecule has 0 unspecified atom stereocenters. The van der Waals surface area contributed by atoms with Crippen LogP contribution in [0.3, 0.4) is 0 Å². The molecule has 2 fully saturated rings. The summed E-state index contributed by atoms with van der Waals surface area (Å²) in [4.78, 5) is 5.26. The highest BCUT2D eigenvalue weighted by molar-refractivity contribution is 7.08. The molecule has 0 radical (unpaired) electrons. The molecule has 194 valence electrons. The normalized spacial score (nSPS) is 22.8. The first kappa shape index (κ1) is 27.4. The van der Waals surface area contributed by atoms with Gasteiger partial charge in [-0.25, -0.2) is 0 Å². The number of aliphatic hydroxyl groups is 1. The first-order chi connectivity index (χ1) is 16.8. The van der Waals surface area contributed by atoms with Gasteiger partial charge in [-0.05, 0) is 105 Å². The summed E-state index contributed by atoms with van der Waals surface area (Å²) in [6.07, 6.45) is 4.30. The third-order valence-corrected chi connectivity index (χ3v) is 8.96. The highest BCUT2D eigenvalue weighted by Crippen LogP contribution is 2.37. The van der Waals surface area contributed by atoms with Crippen LogP contribution in [0, 0.1) is 11.8 Å². The molecule has 7 heteroatoms. The Morgan fingerprint density at radius 3 is 2.60 bits per heavy atom. The lowest BCUT2D eigenvalue weighted by molar-refractivity contribution is -0.0441. The van der Waals surface area contributed by atoms with Gasteiger partial charge in [0.15, 0.2) is 0 Å². The average molecular weight is 540 g/mol. The molecule has 2 atom stereocenters. The Morgan fingerprint density at radius 1 is 1.11 bits per heavy atom. The van der Waals surface area contributed by atoms with Crippen molar-refractivity contribution < 1.29 is 9.84 Å². The number of nitrogens with zero attached hydrogens (tertiary/aromatic N) is 2. The van der Waals surface area contributed by atoms with Crippen molar-refractivity contribution in [3.05, 3.63) is 56.2 Å². The molecular formula is C28H40Cl2N2O2S. The van der Waals surface area contributed by atoms with E-state index < -0.39 is 0 Å². The number of hydrogen-bond donors (Lipinski definition) is 1. The van der Waals surface area contributed by atoms with E-state index in [1.54, 1.807) is 11.3 Å². The van der Waals surface area contributed by atoms with Crippen molar-refractivity contribution in [1.29, 1.82) is 0 Å². The van der Waals surface area contributed by atoms with Crippen molar-refractivity contribution in [2.45, 2.75) is 57.6 Å². The van der Waals surface area contributed by atoms with Crippen LogP contribution in [0.2, 0.25) is 10.0 Å². The van der Waals surface area contributed by atoms with Crippen LogP contribution >= 0.6 is 34.5 Å². The number of ether oxygens (including phenoxy) is 1. The highest BCUT2D eigenvalue weighted by atomic mass is 35.5. The molecule has 0 aliphatic carbocycles. The number of thiophene rings is 1. The summed E-state index contributed by atoms with van der Waals surface area (Å²) < 4.78 is 6.04. The van der Waals surface area contributed by atoms with E-state index in [-0.39, 0.29) is 12.2 Å². The Kier molecular flexibility index (Phi) is 9.96. The summed E-state index contributed by atoms with van der Waals surface area (Å²) in [6.45, 7) is 11.8. The van der Waals surface area contributed by atoms with Crippen LogP contribution in [0.1, 0.15) is 56.6 Å². The van der Waals surface area contributed by atoms with E-state index in [9.17, 15) is 0 Å². The van der Waals surface area contributed by atoms with Crippen molar-refractivity contribution in [3.63, 3.8) is 0 Å². The lowest BCUT2D eigenvalue weighted by atomic mass is 9.85. The zero-order chi connectivity index (χ0) is 24.8. The second-order valence-electron chi connectivity index (χ2n) is 11.0. The van der Waals surface area contributed by atoms with Gasteiger partial charge in [0.25, 0.3) is 0 Å². The number of benzene rings is 1. The van der Waals surface area contributed by atoms with Crippen LogP contribution in [0.15, 0.2) is 35.0 Å². The van der Waals surface area contributed by atoms with Crippen molar-refractivity contribution in [2.24, 2.45) is 11.8 Å². The Labute approximate surface area is 225 Å². The predicted molar refractivity (Wildman–Crippen MR) is 148 cm³/mol. The van der Waals surface area contributed by atoms with Gasteiger partial charge in [-0.3, -0.25) is 4.90 Å². The fraction of sp³-hybridized carbons (Fsp3) is 0.643. The van der Waals surface area contributed by atoms with Crippen molar-refractivity contribution in [2.75, 3.05) is 45.9 Å². The standard InChI is InChI=1S/C28H40Cl2N2O2S/c1-28(2,34-12-3-11-33)15-21-6-9-31(10-7-21)17-24-18-32(19-26(24)23-8-13-35-20-23)16-22-4-5-25(29)14-27(22)30/h4-5,8,13-14,20-21,24,26,33H,3,6-7,9-12,15-19H2,1-2H3/t24-,26+/m0/s1. The molecule has 1 aromatic carbocycles. The van der Waals surface area contributed by atoms with Crippen LogP contribution in [0.25, 0.3) is 0 Å². The summed E-state index contributed by atoms with van der Waals surface area (Å²) >= 11 is 14.4. The predicted octanol–water partition coefficient (Wildman–Crippen LogP) is 6.55. The molecule has 0 amide bonds. The maximum Gasteiger partial charge on any atom is 0.0629 e. The summed E-state index contributed by atoms with van der Waals surface area (Å²) in [5.74, 6) is 1.92. The second kappa shape index (κ2) is 12.7. The van der Waals surface area contributed by atoms with E-state index in [1.165, 1.54) is 31.5 Å². The minimum atomic E-state index is -0.110. The third-order valence-electron chi connectivity index (χ3n) is 7.67. The quantitative estimate of drug-likeness (QED) is 0.329. The first-order valence-electron chi connectivity index (χ1n) is 13.0. The molecule has 4 nitrogen and oxygen atoms in total. The molecule has 0 bridgehead atoms. The molecule has 1 aromatic heterocycles.